The maximum atomic E-state index is 13.2. The van der Waals surface area contributed by atoms with Gasteiger partial charge in [0.1, 0.15) is 11.4 Å². The summed E-state index contributed by atoms with van der Waals surface area (Å²) in [5, 5.41) is 14.2. The molecule has 0 bridgehead atoms. The van der Waals surface area contributed by atoms with Crippen molar-refractivity contribution < 1.29 is 14.3 Å². The molecular weight excluding hydrogens is 331 g/mol. The first-order valence-corrected chi connectivity index (χ1v) is 7.32. The molecular formula is C14H8ClFN2O3S. The predicted molar refractivity (Wildman–Crippen MR) is 83.5 cm³/mol. The lowest BCUT2D eigenvalue weighted by Gasteiger charge is -2.08. The molecule has 2 aromatic heterocycles. The van der Waals surface area contributed by atoms with E-state index in [4.69, 9.17) is 11.6 Å². The number of hydrogen-bond acceptors (Lipinski definition) is 4. The Morgan fingerprint density at radius 2 is 2.14 bits per heavy atom. The number of halogens is 2. The minimum absolute atomic E-state index is 0.0109. The van der Waals surface area contributed by atoms with Gasteiger partial charge in [-0.3, -0.25) is 9.59 Å². The highest BCUT2D eigenvalue weighted by atomic mass is 35.5. The van der Waals surface area contributed by atoms with Crippen molar-refractivity contribution in [2.45, 2.75) is 0 Å². The zero-order chi connectivity index (χ0) is 15.9. The highest BCUT2D eigenvalue weighted by Gasteiger charge is 2.20. The quantitative estimate of drug-likeness (QED) is 0.670. The van der Waals surface area contributed by atoms with E-state index in [1.54, 1.807) is 11.4 Å². The summed E-state index contributed by atoms with van der Waals surface area (Å²) in [4.78, 5) is 26.7. The Labute approximate surface area is 132 Å². The molecule has 0 saturated heterocycles. The monoisotopic (exact) mass is 338 g/mol. The second-order valence-corrected chi connectivity index (χ2v) is 5.74. The number of H-pyrrole nitrogens is 1. The van der Waals surface area contributed by atoms with E-state index in [1.807, 2.05) is 0 Å². The van der Waals surface area contributed by atoms with Crippen molar-refractivity contribution in [1.82, 2.24) is 4.98 Å². The third-order valence-corrected chi connectivity index (χ3v) is 4.25. The first-order valence-electron chi connectivity index (χ1n) is 6.06. The third-order valence-electron chi connectivity index (χ3n) is 3.00. The van der Waals surface area contributed by atoms with Crippen LogP contribution in [0.2, 0.25) is 5.02 Å². The maximum absolute atomic E-state index is 13.2. The molecule has 2 heterocycles. The summed E-state index contributed by atoms with van der Waals surface area (Å²) in [5.74, 6) is -1.88. The summed E-state index contributed by atoms with van der Waals surface area (Å²) in [6.45, 7) is 0. The van der Waals surface area contributed by atoms with Gasteiger partial charge in [0.25, 0.3) is 11.5 Å². The molecule has 0 atom stereocenters. The molecule has 0 aliphatic heterocycles. The number of amides is 1. The molecule has 0 aliphatic rings. The number of benzene rings is 1. The van der Waals surface area contributed by atoms with Gasteiger partial charge < -0.3 is 15.4 Å². The molecule has 0 fully saturated rings. The molecule has 0 radical (unpaired) electrons. The Hall–Kier alpha value is -2.38. The largest absolute Gasteiger partial charge is 0.505 e. The van der Waals surface area contributed by atoms with Crippen molar-refractivity contribution >= 4 is 44.7 Å². The average Bonchev–Trinajstić information content (AvgIpc) is 2.91. The van der Waals surface area contributed by atoms with E-state index >= 15 is 0 Å². The molecule has 5 nitrogen and oxygen atoms in total. The molecule has 1 aromatic carbocycles. The number of thiophene rings is 1. The van der Waals surface area contributed by atoms with Crippen LogP contribution in [0.5, 0.6) is 5.75 Å². The van der Waals surface area contributed by atoms with Crippen LogP contribution in [0.15, 0.2) is 34.4 Å². The first kappa shape index (κ1) is 14.6. The Morgan fingerprint density at radius 1 is 1.36 bits per heavy atom. The number of anilines is 1. The molecule has 0 aliphatic carbocycles. The van der Waals surface area contributed by atoms with E-state index < -0.39 is 28.6 Å². The number of rotatable bonds is 2. The average molecular weight is 339 g/mol. The summed E-state index contributed by atoms with van der Waals surface area (Å²) in [5.41, 5.74) is -0.742. The molecule has 3 rings (SSSR count). The fourth-order valence-corrected chi connectivity index (χ4v) is 2.95. The minimum Gasteiger partial charge on any atom is -0.505 e. The van der Waals surface area contributed by atoms with Gasteiger partial charge in [-0.1, -0.05) is 11.6 Å². The van der Waals surface area contributed by atoms with Crippen molar-refractivity contribution in [3.8, 4) is 5.75 Å². The van der Waals surface area contributed by atoms with Gasteiger partial charge in [0.2, 0.25) is 0 Å². The molecule has 0 spiro atoms. The fraction of sp³-hybridized carbons (Fsp3) is 0. The van der Waals surface area contributed by atoms with E-state index in [2.05, 4.69) is 10.3 Å². The van der Waals surface area contributed by atoms with E-state index in [9.17, 15) is 19.1 Å². The highest BCUT2D eigenvalue weighted by molar-refractivity contribution is 7.17. The summed E-state index contributed by atoms with van der Waals surface area (Å²) in [6.07, 6.45) is 0. The van der Waals surface area contributed by atoms with Gasteiger partial charge in [-0.05, 0) is 29.6 Å². The third kappa shape index (κ3) is 2.44. The molecule has 0 unspecified atom stereocenters. The number of carbonyl (C=O) groups excluding carboxylic acids is 1. The maximum Gasteiger partial charge on any atom is 0.265 e. The van der Waals surface area contributed by atoms with E-state index in [0.717, 1.165) is 12.1 Å². The minimum atomic E-state index is -0.874. The molecule has 8 heteroatoms. The summed E-state index contributed by atoms with van der Waals surface area (Å²) >= 11 is 7.04. The lowest BCUT2D eigenvalue weighted by atomic mass is 10.2. The van der Waals surface area contributed by atoms with Crippen LogP contribution >= 0.6 is 22.9 Å². The predicted octanol–water partition coefficient (Wildman–Crippen LogP) is 3.34. The van der Waals surface area contributed by atoms with Crippen LogP contribution in [0, 0.1) is 5.82 Å². The number of aromatic amines is 1. The molecule has 22 heavy (non-hydrogen) atoms. The van der Waals surface area contributed by atoms with E-state index in [0.29, 0.717) is 10.2 Å². The fourth-order valence-electron chi connectivity index (χ4n) is 1.99. The Balaban J connectivity index is 2.06. The number of fused-ring (bicyclic) bond motifs is 1. The van der Waals surface area contributed by atoms with Gasteiger partial charge in [0.15, 0.2) is 5.75 Å². The highest BCUT2D eigenvalue weighted by Crippen LogP contribution is 2.30. The Bertz CT molecular complexity index is 951. The van der Waals surface area contributed by atoms with Crippen molar-refractivity contribution in [2.75, 3.05) is 5.32 Å². The normalized spacial score (nSPS) is 10.8. The standard InChI is InChI=1S/C14H8ClFN2O3S/c15-7-2-1-6(16)5-9(7)18-14(21)10-11(19)12-8(3-4-22-12)17-13(10)20/h1-5H,(H,18,21)(H2,17,19,20). The van der Waals surface area contributed by atoms with Crippen LogP contribution in [-0.4, -0.2) is 16.0 Å². The zero-order valence-electron chi connectivity index (χ0n) is 10.8. The van der Waals surface area contributed by atoms with Gasteiger partial charge >= 0.3 is 0 Å². The molecule has 1 amide bonds. The van der Waals surface area contributed by atoms with Gasteiger partial charge in [0, 0.05) is 0 Å². The van der Waals surface area contributed by atoms with Gasteiger partial charge in [-0.25, -0.2) is 4.39 Å². The van der Waals surface area contributed by atoms with Crippen molar-refractivity contribution in [3.63, 3.8) is 0 Å². The smallest absolute Gasteiger partial charge is 0.265 e. The van der Waals surface area contributed by atoms with Gasteiger partial charge in [-0.15, -0.1) is 11.3 Å². The Morgan fingerprint density at radius 3 is 2.91 bits per heavy atom. The van der Waals surface area contributed by atoms with Gasteiger partial charge in [0.05, 0.1) is 20.9 Å². The number of pyridine rings is 1. The summed E-state index contributed by atoms with van der Waals surface area (Å²) in [6, 6.07) is 5.06. The topological polar surface area (TPSA) is 82.2 Å². The number of nitrogens with one attached hydrogen (secondary N) is 2. The number of hydrogen-bond donors (Lipinski definition) is 3. The molecule has 3 aromatic rings. The molecule has 3 N–H and O–H groups in total. The number of carbonyl (C=O) groups is 1. The summed E-state index contributed by atoms with van der Waals surface area (Å²) < 4.78 is 13.6. The van der Waals surface area contributed by atoms with Crippen LogP contribution in [0.3, 0.4) is 0 Å². The van der Waals surface area contributed by atoms with Crippen molar-refractivity contribution in [3.05, 3.63) is 56.4 Å². The van der Waals surface area contributed by atoms with Crippen molar-refractivity contribution in [1.29, 1.82) is 0 Å². The second kappa shape index (κ2) is 5.43. The van der Waals surface area contributed by atoms with Crippen LogP contribution in [0.1, 0.15) is 10.4 Å². The summed E-state index contributed by atoms with van der Waals surface area (Å²) in [7, 11) is 0. The number of aromatic hydroxyl groups is 1. The first-order chi connectivity index (χ1) is 10.5. The number of aromatic nitrogens is 1. The Kier molecular flexibility index (Phi) is 3.59. The van der Waals surface area contributed by atoms with Crippen LogP contribution in [0.25, 0.3) is 10.2 Å². The molecule has 0 saturated carbocycles. The second-order valence-electron chi connectivity index (χ2n) is 4.42. The van der Waals surface area contributed by atoms with Gasteiger partial charge in [-0.2, -0.15) is 0 Å². The van der Waals surface area contributed by atoms with Crippen LogP contribution in [0.4, 0.5) is 10.1 Å². The lowest BCUT2D eigenvalue weighted by molar-refractivity contribution is 0.102. The van der Waals surface area contributed by atoms with E-state index in [-0.39, 0.29) is 10.7 Å². The lowest BCUT2D eigenvalue weighted by Crippen LogP contribution is -2.23. The van der Waals surface area contributed by atoms with E-state index in [1.165, 1.54) is 17.4 Å². The van der Waals surface area contributed by atoms with Crippen LogP contribution in [-0.2, 0) is 0 Å². The SMILES string of the molecule is O=C(Nc1cc(F)ccc1Cl)c1c(O)c2sccc2[nH]c1=O. The van der Waals surface area contributed by atoms with Crippen LogP contribution < -0.4 is 10.9 Å². The zero-order valence-corrected chi connectivity index (χ0v) is 12.4. The molecule has 112 valence electrons. The van der Waals surface area contributed by atoms with Crippen molar-refractivity contribution in [2.24, 2.45) is 0 Å².